The topological polar surface area (TPSA) is 55.3 Å². The summed E-state index contributed by atoms with van der Waals surface area (Å²) in [5, 5.41) is 0. The molecule has 0 amide bonds. The lowest BCUT2D eigenvalue weighted by Crippen LogP contribution is -2.32. The van der Waals surface area contributed by atoms with Gasteiger partial charge >= 0.3 is 5.97 Å². The maximum Gasteiger partial charge on any atom is 0.343 e. The molecule has 2 rings (SSSR count). The van der Waals surface area contributed by atoms with Crippen LogP contribution in [0.1, 0.15) is 36.5 Å². The number of anilines is 1. The van der Waals surface area contributed by atoms with Gasteiger partial charge in [-0.3, -0.25) is 0 Å². The Bertz CT molecular complexity index is 389. The van der Waals surface area contributed by atoms with Crippen LogP contribution in [-0.4, -0.2) is 35.6 Å². The van der Waals surface area contributed by atoms with E-state index in [2.05, 4.69) is 14.9 Å². The summed E-state index contributed by atoms with van der Waals surface area (Å²) >= 11 is 0. The van der Waals surface area contributed by atoms with Crippen LogP contribution in [0.5, 0.6) is 0 Å². The van der Waals surface area contributed by atoms with Gasteiger partial charge in [0.15, 0.2) is 0 Å². The molecule has 1 aliphatic rings. The summed E-state index contributed by atoms with van der Waals surface area (Å²) in [4.78, 5) is 22.0. The zero-order valence-electron chi connectivity index (χ0n) is 10.1. The van der Waals surface area contributed by atoms with Gasteiger partial charge in [-0.05, 0) is 26.2 Å². The molecular formula is C12H17N3O2. The molecule has 5 nitrogen and oxygen atoms in total. The van der Waals surface area contributed by atoms with Gasteiger partial charge in [0.05, 0.1) is 6.61 Å². The number of carbonyl (C=O) groups excluding carboxylic acids is 1. The Morgan fingerprint density at radius 2 is 2.18 bits per heavy atom. The van der Waals surface area contributed by atoms with Crippen LogP contribution in [-0.2, 0) is 4.74 Å². The fourth-order valence-electron chi connectivity index (χ4n) is 2.03. The van der Waals surface area contributed by atoms with Crippen molar-refractivity contribution >= 4 is 11.8 Å². The minimum absolute atomic E-state index is 0.339. The van der Waals surface area contributed by atoms with Crippen LogP contribution < -0.4 is 4.90 Å². The van der Waals surface area contributed by atoms with Gasteiger partial charge in [-0.1, -0.05) is 0 Å². The van der Waals surface area contributed by atoms with Crippen molar-refractivity contribution in [2.75, 3.05) is 24.6 Å². The number of rotatable bonds is 3. The van der Waals surface area contributed by atoms with Crippen LogP contribution in [0.25, 0.3) is 0 Å². The molecule has 0 saturated carbocycles. The van der Waals surface area contributed by atoms with Crippen molar-refractivity contribution in [1.29, 1.82) is 0 Å². The van der Waals surface area contributed by atoms with Crippen LogP contribution in [0.4, 0.5) is 5.82 Å². The first-order chi connectivity index (χ1) is 8.33. The standard InChI is InChI=1S/C12H17N3O2/c1-2-17-12(16)10-8-13-9-14-11(10)15-6-4-3-5-7-15/h8-9H,2-7H2,1H3. The van der Waals surface area contributed by atoms with Crippen LogP contribution in [0.3, 0.4) is 0 Å². The summed E-state index contributed by atoms with van der Waals surface area (Å²) in [6, 6.07) is 0. The highest BCUT2D eigenvalue weighted by Crippen LogP contribution is 2.21. The predicted octanol–water partition coefficient (Wildman–Crippen LogP) is 1.64. The number of aromatic nitrogens is 2. The van der Waals surface area contributed by atoms with Gasteiger partial charge in [0.25, 0.3) is 0 Å². The van der Waals surface area contributed by atoms with Crippen molar-refractivity contribution in [2.45, 2.75) is 26.2 Å². The highest BCUT2D eigenvalue weighted by atomic mass is 16.5. The Morgan fingerprint density at radius 3 is 2.88 bits per heavy atom. The Morgan fingerprint density at radius 1 is 1.41 bits per heavy atom. The van der Waals surface area contributed by atoms with Gasteiger partial charge < -0.3 is 9.64 Å². The van der Waals surface area contributed by atoms with Gasteiger partial charge in [-0.15, -0.1) is 0 Å². The zero-order valence-corrected chi connectivity index (χ0v) is 10.1. The predicted molar refractivity (Wildman–Crippen MR) is 64.1 cm³/mol. The van der Waals surface area contributed by atoms with Gasteiger partial charge in [0.2, 0.25) is 0 Å². The molecule has 0 N–H and O–H groups in total. The number of piperidine rings is 1. The second-order valence-corrected chi connectivity index (χ2v) is 4.03. The molecule has 92 valence electrons. The van der Waals surface area contributed by atoms with Crippen molar-refractivity contribution in [3.05, 3.63) is 18.1 Å². The first-order valence-corrected chi connectivity index (χ1v) is 6.05. The Balaban J connectivity index is 2.23. The lowest BCUT2D eigenvalue weighted by molar-refractivity contribution is 0.0526. The lowest BCUT2D eigenvalue weighted by Gasteiger charge is -2.28. The molecule has 1 fully saturated rings. The largest absolute Gasteiger partial charge is 0.462 e. The lowest BCUT2D eigenvalue weighted by atomic mass is 10.1. The van der Waals surface area contributed by atoms with Crippen LogP contribution in [0, 0.1) is 0 Å². The summed E-state index contributed by atoms with van der Waals surface area (Å²) in [7, 11) is 0. The first-order valence-electron chi connectivity index (χ1n) is 6.05. The maximum atomic E-state index is 11.8. The number of hydrogen-bond donors (Lipinski definition) is 0. The fraction of sp³-hybridized carbons (Fsp3) is 0.583. The summed E-state index contributed by atoms with van der Waals surface area (Å²) in [5.74, 6) is 0.367. The van der Waals surface area contributed by atoms with Crippen molar-refractivity contribution in [1.82, 2.24) is 9.97 Å². The molecule has 1 aliphatic heterocycles. The van der Waals surface area contributed by atoms with Gasteiger partial charge in [-0.25, -0.2) is 14.8 Å². The molecule has 17 heavy (non-hydrogen) atoms. The average Bonchev–Trinajstić information content (AvgIpc) is 2.40. The van der Waals surface area contributed by atoms with E-state index in [-0.39, 0.29) is 5.97 Å². The third-order valence-electron chi connectivity index (χ3n) is 2.84. The van der Waals surface area contributed by atoms with E-state index in [1.54, 1.807) is 6.92 Å². The molecule has 2 heterocycles. The molecule has 0 unspecified atom stereocenters. The highest BCUT2D eigenvalue weighted by molar-refractivity contribution is 5.94. The Hall–Kier alpha value is -1.65. The summed E-state index contributed by atoms with van der Waals surface area (Å²) in [5.41, 5.74) is 0.469. The minimum atomic E-state index is -0.339. The molecule has 0 atom stereocenters. The van der Waals surface area contributed by atoms with E-state index in [1.807, 2.05) is 0 Å². The van der Waals surface area contributed by atoms with Crippen molar-refractivity contribution < 1.29 is 9.53 Å². The summed E-state index contributed by atoms with van der Waals surface area (Å²) in [6.45, 7) is 4.06. The van der Waals surface area contributed by atoms with E-state index in [4.69, 9.17) is 4.74 Å². The molecule has 0 bridgehead atoms. The third-order valence-corrected chi connectivity index (χ3v) is 2.84. The number of esters is 1. The van der Waals surface area contributed by atoms with Crippen LogP contribution >= 0.6 is 0 Å². The van der Waals surface area contributed by atoms with Crippen molar-refractivity contribution in [2.24, 2.45) is 0 Å². The van der Waals surface area contributed by atoms with Gasteiger partial charge in [-0.2, -0.15) is 0 Å². The summed E-state index contributed by atoms with van der Waals surface area (Å²) < 4.78 is 5.01. The smallest absolute Gasteiger partial charge is 0.343 e. The Labute approximate surface area is 101 Å². The normalized spacial score (nSPS) is 15.7. The van der Waals surface area contributed by atoms with E-state index in [9.17, 15) is 4.79 Å². The highest BCUT2D eigenvalue weighted by Gasteiger charge is 2.20. The van der Waals surface area contributed by atoms with Crippen molar-refractivity contribution in [3.8, 4) is 0 Å². The Kier molecular flexibility index (Phi) is 3.90. The SMILES string of the molecule is CCOC(=O)c1cncnc1N1CCCCC1. The second kappa shape index (κ2) is 5.61. The number of hydrogen-bond acceptors (Lipinski definition) is 5. The molecular weight excluding hydrogens is 218 g/mol. The van der Waals surface area contributed by atoms with E-state index in [1.165, 1.54) is 18.9 Å². The molecule has 1 aromatic heterocycles. The summed E-state index contributed by atoms with van der Waals surface area (Å²) in [6.07, 6.45) is 6.55. The van der Waals surface area contributed by atoms with Crippen LogP contribution in [0.2, 0.25) is 0 Å². The molecule has 1 aromatic rings. The number of nitrogens with zero attached hydrogens (tertiary/aromatic N) is 3. The molecule has 1 saturated heterocycles. The third kappa shape index (κ3) is 2.72. The molecule has 0 radical (unpaired) electrons. The quantitative estimate of drug-likeness (QED) is 0.745. The fourth-order valence-corrected chi connectivity index (χ4v) is 2.03. The van der Waals surface area contributed by atoms with E-state index < -0.39 is 0 Å². The van der Waals surface area contributed by atoms with E-state index in [0.29, 0.717) is 18.0 Å². The van der Waals surface area contributed by atoms with E-state index in [0.717, 1.165) is 25.9 Å². The number of carbonyl (C=O) groups is 1. The zero-order chi connectivity index (χ0) is 12.1. The second-order valence-electron chi connectivity index (χ2n) is 4.03. The van der Waals surface area contributed by atoms with Crippen LogP contribution in [0.15, 0.2) is 12.5 Å². The minimum Gasteiger partial charge on any atom is -0.462 e. The molecule has 5 heteroatoms. The average molecular weight is 235 g/mol. The van der Waals surface area contributed by atoms with Gasteiger partial charge in [0, 0.05) is 19.3 Å². The maximum absolute atomic E-state index is 11.8. The van der Waals surface area contributed by atoms with Crippen molar-refractivity contribution in [3.63, 3.8) is 0 Å². The molecule has 0 aliphatic carbocycles. The van der Waals surface area contributed by atoms with Gasteiger partial charge in [0.1, 0.15) is 17.7 Å². The monoisotopic (exact) mass is 235 g/mol. The molecule has 0 aromatic carbocycles. The first kappa shape index (κ1) is 11.8. The van der Waals surface area contributed by atoms with E-state index >= 15 is 0 Å². The number of ether oxygens (including phenoxy) is 1. The molecule has 0 spiro atoms.